The molecule has 3 aromatic heterocycles. The van der Waals surface area contributed by atoms with E-state index in [9.17, 15) is 4.79 Å². The number of amides is 1. The fraction of sp³-hybridized carbons (Fsp3) is 0.308. The Kier molecular flexibility index (Phi) is 5.54. The summed E-state index contributed by atoms with van der Waals surface area (Å²) >= 11 is 0. The molecular weight excluding hydrogens is 412 g/mol. The first-order valence-electron chi connectivity index (χ1n) is 11.3. The van der Waals surface area contributed by atoms with E-state index in [4.69, 9.17) is 4.98 Å². The second-order valence-electron chi connectivity index (χ2n) is 8.64. The van der Waals surface area contributed by atoms with Crippen molar-refractivity contribution in [3.8, 4) is 11.1 Å². The molecule has 0 saturated carbocycles. The van der Waals surface area contributed by atoms with E-state index in [2.05, 4.69) is 19.9 Å². The number of pyridine rings is 1. The van der Waals surface area contributed by atoms with Gasteiger partial charge in [-0.1, -0.05) is 0 Å². The molecule has 1 saturated heterocycles. The van der Waals surface area contributed by atoms with Crippen molar-refractivity contribution in [2.45, 2.75) is 39.5 Å². The molecule has 1 aromatic carbocycles. The second kappa shape index (κ2) is 8.65. The number of carbonyl (C=O) groups excluding carboxylic acids is 1. The molecule has 0 N–H and O–H groups in total. The van der Waals surface area contributed by atoms with Crippen LogP contribution in [0.4, 0.5) is 0 Å². The summed E-state index contributed by atoms with van der Waals surface area (Å²) in [7, 11) is 0. The number of benzene rings is 1. The number of fused-ring (bicyclic) bond motifs is 1. The number of nitrogens with zero attached hydrogens (tertiary/aromatic N) is 6. The molecule has 0 spiro atoms. The fourth-order valence-electron chi connectivity index (χ4n) is 4.48. The maximum absolute atomic E-state index is 13.4. The summed E-state index contributed by atoms with van der Waals surface area (Å²) in [5.41, 5.74) is 7.05. The normalized spacial score (nSPS) is 16.2. The van der Waals surface area contributed by atoms with Crippen LogP contribution in [-0.2, 0) is 0 Å². The largest absolute Gasteiger partial charge is 0.338 e. The number of aromatic nitrogens is 5. The molecule has 4 aromatic rings. The van der Waals surface area contributed by atoms with Crippen molar-refractivity contribution in [1.29, 1.82) is 0 Å². The molecule has 4 heterocycles. The summed E-state index contributed by atoms with van der Waals surface area (Å²) in [5.74, 6) is 0.917. The van der Waals surface area contributed by atoms with Gasteiger partial charge in [0.1, 0.15) is 5.82 Å². The van der Waals surface area contributed by atoms with Gasteiger partial charge in [0, 0.05) is 48.7 Å². The second-order valence-corrected chi connectivity index (χ2v) is 8.64. The molecule has 0 radical (unpaired) electrons. The van der Waals surface area contributed by atoms with Crippen LogP contribution < -0.4 is 0 Å². The van der Waals surface area contributed by atoms with Gasteiger partial charge < -0.3 is 4.90 Å². The van der Waals surface area contributed by atoms with Crippen molar-refractivity contribution in [1.82, 2.24) is 29.8 Å². The zero-order valence-corrected chi connectivity index (χ0v) is 19.1. The van der Waals surface area contributed by atoms with Gasteiger partial charge in [-0.15, -0.1) is 0 Å². The molecule has 1 atom stereocenters. The highest BCUT2D eigenvalue weighted by Crippen LogP contribution is 2.33. The lowest BCUT2D eigenvalue weighted by Crippen LogP contribution is -2.39. The topological polar surface area (TPSA) is 84.8 Å². The van der Waals surface area contributed by atoms with Crippen molar-refractivity contribution < 1.29 is 4.79 Å². The summed E-state index contributed by atoms with van der Waals surface area (Å²) in [5, 5.41) is 0. The third kappa shape index (κ3) is 4.18. The van der Waals surface area contributed by atoms with E-state index in [1.54, 1.807) is 12.4 Å². The van der Waals surface area contributed by atoms with E-state index < -0.39 is 0 Å². The third-order valence-electron chi connectivity index (χ3n) is 6.35. The zero-order valence-electron chi connectivity index (χ0n) is 19.1. The monoisotopic (exact) mass is 438 g/mol. The Hall–Kier alpha value is -3.74. The van der Waals surface area contributed by atoms with Crippen LogP contribution in [0.25, 0.3) is 22.2 Å². The van der Waals surface area contributed by atoms with Crippen molar-refractivity contribution in [3.63, 3.8) is 0 Å². The van der Waals surface area contributed by atoms with Crippen molar-refractivity contribution >= 4 is 16.9 Å². The molecule has 1 aliphatic heterocycles. The van der Waals surface area contributed by atoms with E-state index in [1.165, 1.54) is 0 Å². The summed E-state index contributed by atoms with van der Waals surface area (Å²) in [6.07, 6.45) is 7.37. The summed E-state index contributed by atoms with van der Waals surface area (Å²) < 4.78 is 0. The number of piperidine rings is 1. The fourth-order valence-corrected chi connectivity index (χ4v) is 4.48. The Balaban J connectivity index is 1.44. The van der Waals surface area contributed by atoms with E-state index in [0.29, 0.717) is 12.1 Å². The van der Waals surface area contributed by atoms with Crippen LogP contribution in [0.3, 0.4) is 0 Å². The number of rotatable bonds is 3. The van der Waals surface area contributed by atoms with Gasteiger partial charge in [-0.3, -0.25) is 9.78 Å². The standard InChI is InChI=1S/C26H26N6O/c1-16-17(2)30-24-13-20(6-7-23(24)29-16)26(33)32-12-4-5-21(15-32)25-22(14-28-18(3)31-25)19-8-10-27-11-9-19/h6-11,13-14,21H,4-5,12,15H2,1-3H3/t21-/m1/s1. The lowest BCUT2D eigenvalue weighted by Gasteiger charge is -2.33. The van der Waals surface area contributed by atoms with Gasteiger partial charge in [-0.25, -0.2) is 19.9 Å². The minimum absolute atomic E-state index is 0.0258. The first-order valence-corrected chi connectivity index (χ1v) is 11.3. The Morgan fingerprint density at radius 1 is 0.970 bits per heavy atom. The van der Waals surface area contributed by atoms with Gasteiger partial charge in [0.25, 0.3) is 5.91 Å². The molecule has 166 valence electrons. The van der Waals surface area contributed by atoms with Crippen LogP contribution in [-0.4, -0.2) is 48.8 Å². The van der Waals surface area contributed by atoms with E-state index in [1.807, 2.05) is 62.2 Å². The predicted octanol–water partition coefficient (Wildman–Crippen LogP) is 4.43. The number of hydrogen-bond donors (Lipinski definition) is 0. The van der Waals surface area contributed by atoms with Gasteiger partial charge in [0.2, 0.25) is 0 Å². The maximum atomic E-state index is 13.4. The molecule has 1 fully saturated rings. The van der Waals surface area contributed by atoms with Crippen LogP contribution in [0.15, 0.2) is 48.9 Å². The van der Waals surface area contributed by atoms with Crippen LogP contribution in [0.5, 0.6) is 0 Å². The molecule has 5 rings (SSSR count). The van der Waals surface area contributed by atoms with E-state index >= 15 is 0 Å². The number of likely N-dealkylation sites (tertiary alicyclic amines) is 1. The van der Waals surface area contributed by atoms with Crippen LogP contribution in [0.1, 0.15) is 52.0 Å². The SMILES string of the molecule is Cc1ncc(-c2ccncc2)c([C@@H]2CCCN(C(=O)c3ccc4nc(C)c(C)nc4c3)C2)n1. The molecule has 1 amide bonds. The van der Waals surface area contributed by atoms with Gasteiger partial charge in [-0.05, 0) is 69.5 Å². The van der Waals surface area contributed by atoms with E-state index in [0.717, 1.165) is 64.5 Å². The Morgan fingerprint density at radius 2 is 1.73 bits per heavy atom. The average Bonchev–Trinajstić information content (AvgIpc) is 2.84. The first-order chi connectivity index (χ1) is 16.0. The molecule has 0 bridgehead atoms. The molecule has 1 aliphatic rings. The van der Waals surface area contributed by atoms with Crippen molar-refractivity contribution in [3.05, 3.63) is 77.4 Å². The number of aryl methyl sites for hydroxylation is 3. The van der Waals surface area contributed by atoms with Crippen LogP contribution in [0.2, 0.25) is 0 Å². The molecule has 33 heavy (non-hydrogen) atoms. The molecular formula is C26H26N6O. The van der Waals surface area contributed by atoms with E-state index in [-0.39, 0.29) is 11.8 Å². The summed E-state index contributed by atoms with van der Waals surface area (Å²) in [4.78, 5) is 37.9. The lowest BCUT2D eigenvalue weighted by molar-refractivity contribution is 0.0706. The Labute approximate surface area is 193 Å². The van der Waals surface area contributed by atoms with Crippen molar-refractivity contribution in [2.75, 3.05) is 13.1 Å². The summed E-state index contributed by atoms with van der Waals surface area (Å²) in [6.45, 7) is 7.16. The smallest absolute Gasteiger partial charge is 0.253 e. The predicted molar refractivity (Wildman–Crippen MR) is 127 cm³/mol. The Morgan fingerprint density at radius 3 is 2.52 bits per heavy atom. The average molecular weight is 439 g/mol. The highest BCUT2D eigenvalue weighted by molar-refractivity contribution is 5.97. The quantitative estimate of drug-likeness (QED) is 0.471. The van der Waals surface area contributed by atoms with Gasteiger partial charge in [0.05, 0.1) is 28.1 Å². The van der Waals surface area contributed by atoms with Crippen molar-refractivity contribution in [2.24, 2.45) is 0 Å². The zero-order chi connectivity index (χ0) is 22.9. The number of hydrogen-bond acceptors (Lipinski definition) is 6. The molecule has 0 unspecified atom stereocenters. The highest BCUT2D eigenvalue weighted by atomic mass is 16.2. The minimum atomic E-state index is 0.0258. The third-order valence-corrected chi connectivity index (χ3v) is 6.35. The highest BCUT2D eigenvalue weighted by Gasteiger charge is 2.28. The number of carbonyl (C=O) groups is 1. The maximum Gasteiger partial charge on any atom is 0.253 e. The molecule has 0 aliphatic carbocycles. The molecule has 7 nitrogen and oxygen atoms in total. The van der Waals surface area contributed by atoms with Crippen LogP contribution >= 0.6 is 0 Å². The van der Waals surface area contributed by atoms with Gasteiger partial charge in [-0.2, -0.15) is 0 Å². The Bertz CT molecular complexity index is 1340. The van der Waals surface area contributed by atoms with Gasteiger partial charge in [0.15, 0.2) is 0 Å². The summed E-state index contributed by atoms with van der Waals surface area (Å²) in [6, 6.07) is 9.55. The van der Waals surface area contributed by atoms with Crippen LogP contribution in [0, 0.1) is 20.8 Å². The lowest BCUT2D eigenvalue weighted by atomic mass is 9.89. The minimum Gasteiger partial charge on any atom is -0.338 e. The molecule has 7 heteroatoms. The van der Waals surface area contributed by atoms with Gasteiger partial charge >= 0.3 is 0 Å². The first kappa shape index (κ1) is 21.1.